The van der Waals surface area contributed by atoms with E-state index in [9.17, 15) is 9.59 Å². The number of aryl methyl sites for hydroxylation is 1. The first-order valence-corrected chi connectivity index (χ1v) is 11.4. The zero-order valence-electron chi connectivity index (χ0n) is 19.5. The van der Waals surface area contributed by atoms with Crippen molar-refractivity contribution in [2.45, 2.75) is 70.3 Å². The molecule has 0 atom stereocenters. The van der Waals surface area contributed by atoms with E-state index in [0.29, 0.717) is 0 Å². The van der Waals surface area contributed by atoms with Gasteiger partial charge in [0.1, 0.15) is 0 Å². The first-order chi connectivity index (χ1) is 15.0. The minimum atomic E-state index is -0.484. The van der Waals surface area contributed by atoms with Crippen LogP contribution in [0, 0.1) is 6.92 Å². The predicted octanol–water partition coefficient (Wildman–Crippen LogP) is 5.73. The average Bonchev–Trinajstić information content (AvgIpc) is 3.49. The van der Waals surface area contributed by atoms with Crippen LogP contribution in [0.5, 0.6) is 0 Å². The van der Waals surface area contributed by atoms with Gasteiger partial charge in [0.05, 0.1) is 12.8 Å². The Morgan fingerprint density at radius 2 is 1.47 bits per heavy atom. The number of aliphatic imine (C=N–C) groups is 1. The Balaban J connectivity index is 1.49. The molecular weight excluding hydrogens is 396 g/mol. The molecule has 0 spiro atoms. The van der Waals surface area contributed by atoms with Crippen molar-refractivity contribution in [1.29, 1.82) is 0 Å². The van der Waals surface area contributed by atoms with E-state index < -0.39 is 6.03 Å². The van der Waals surface area contributed by atoms with Gasteiger partial charge >= 0.3 is 6.03 Å². The van der Waals surface area contributed by atoms with Gasteiger partial charge in [0.25, 0.3) is 5.91 Å². The van der Waals surface area contributed by atoms with Crippen LogP contribution in [0.25, 0.3) is 0 Å². The number of carbonyl (C=O) groups is 2. The Morgan fingerprint density at radius 1 is 0.875 bits per heavy atom. The molecule has 2 aliphatic carbocycles. The topological polar surface area (TPSA) is 49.7 Å². The van der Waals surface area contributed by atoms with Gasteiger partial charge in [-0.2, -0.15) is 4.99 Å². The Kier molecular flexibility index (Phi) is 4.40. The molecule has 4 heteroatoms. The van der Waals surface area contributed by atoms with Gasteiger partial charge in [-0.1, -0.05) is 76.2 Å². The van der Waals surface area contributed by atoms with E-state index in [2.05, 4.69) is 76.0 Å². The lowest BCUT2D eigenvalue weighted by molar-refractivity contribution is -0.120. The van der Waals surface area contributed by atoms with Crippen LogP contribution in [0.2, 0.25) is 0 Å². The van der Waals surface area contributed by atoms with Crippen molar-refractivity contribution in [2.24, 2.45) is 4.99 Å². The van der Waals surface area contributed by atoms with Crippen LogP contribution in [0.1, 0.15) is 73.9 Å². The molecule has 32 heavy (non-hydrogen) atoms. The lowest BCUT2D eigenvalue weighted by Gasteiger charge is -2.38. The third-order valence-corrected chi connectivity index (χ3v) is 7.56. The molecule has 1 heterocycles. The highest BCUT2D eigenvalue weighted by atomic mass is 16.2. The van der Waals surface area contributed by atoms with Crippen LogP contribution in [-0.2, 0) is 27.6 Å². The highest BCUT2D eigenvalue weighted by molar-refractivity contribution is 6.35. The van der Waals surface area contributed by atoms with Gasteiger partial charge in [0, 0.05) is 16.2 Å². The SMILES string of the molecule is Cc1cc2c(cc1C1(c3ccc(CN4C(=O)C=NC4=O)cc3)CC1)C(C)(C)C=CC2(C)C. The van der Waals surface area contributed by atoms with E-state index in [-0.39, 0.29) is 28.7 Å². The van der Waals surface area contributed by atoms with E-state index in [0.717, 1.165) is 24.6 Å². The third kappa shape index (κ3) is 3.16. The molecule has 2 aromatic carbocycles. The van der Waals surface area contributed by atoms with Crippen LogP contribution in [0.4, 0.5) is 4.79 Å². The maximum atomic E-state index is 11.8. The summed E-state index contributed by atoms with van der Waals surface area (Å²) in [4.78, 5) is 28.3. The zero-order chi connectivity index (χ0) is 22.9. The largest absolute Gasteiger partial charge is 0.350 e. The Bertz CT molecular complexity index is 1180. The summed E-state index contributed by atoms with van der Waals surface area (Å²) in [7, 11) is 0. The Morgan fingerprint density at radius 3 is 2.00 bits per heavy atom. The molecule has 0 unspecified atom stereocenters. The third-order valence-electron chi connectivity index (χ3n) is 7.56. The van der Waals surface area contributed by atoms with Gasteiger partial charge in [-0.05, 0) is 53.1 Å². The number of hydrogen-bond acceptors (Lipinski definition) is 2. The number of nitrogens with zero attached hydrogens (tertiary/aromatic N) is 2. The number of amides is 3. The van der Waals surface area contributed by atoms with Crippen molar-refractivity contribution in [3.05, 3.63) is 81.9 Å². The smallest absolute Gasteiger partial charge is 0.267 e. The molecule has 3 amide bonds. The van der Waals surface area contributed by atoms with E-state index >= 15 is 0 Å². The van der Waals surface area contributed by atoms with Crippen molar-refractivity contribution in [3.8, 4) is 0 Å². The lowest BCUT2D eigenvalue weighted by Crippen LogP contribution is -2.30. The molecule has 164 valence electrons. The second kappa shape index (κ2) is 6.74. The van der Waals surface area contributed by atoms with E-state index in [1.807, 2.05) is 12.1 Å². The van der Waals surface area contributed by atoms with Gasteiger partial charge < -0.3 is 0 Å². The molecule has 0 bridgehead atoms. The van der Waals surface area contributed by atoms with Gasteiger partial charge in [-0.3, -0.25) is 9.69 Å². The van der Waals surface area contributed by atoms with Gasteiger partial charge in [0.2, 0.25) is 0 Å². The minimum Gasteiger partial charge on any atom is -0.267 e. The Labute approximate surface area is 190 Å². The Hall–Kier alpha value is -3.01. The molecule has 0 radical (unpaired) electrons. The maximum Gasteiger partial charge on any atom is 0.350 e. The number of hydrogen-bond donors (Lipinski definition) is 0. The van der Waals surface area contributed by atoms with Crippen molar-refractivity contribution in [1.82, 2.24) is 4.90 Å². The normalized spacial score (nSPS) is 21.7. The van der Waals surface area contributed by atoms with E-state index in [4.69, 9.17) is 0 Å². The summed E-state index contributed by atoms with van der Waals surface area (Å²) in [6.45, 7) is 11.7. The lowest BCUT2D eigenvalue weighted by atomic mass is 9.66. The van der Waals surface area contributed by atoms with Crippen molar-refractivity contribution < 1.29 is 9.59 Å². The molecule has 0 aromatic heterocycles. The average molecular weight is 427 g/mol. The minimum absolute atomic E-state index is 0.0180. The van der Waals surface area contributed by atoms with Crippen molar-refractivity contribution in [3.63, 3.8) is 0 Å². The highest BCUT2D eigenvalue weighted by Gasteiger charge is 2.47. The van der Waals surface area contributed by atoms with Crippen LogP contribution in [-0.4, -0.2) is 23.1 Å². The molecule has 5 rings (SSSR count). The molecule has 0 saturated heterocycles. The standard InChI is InChI=1S/C28H30N2O2/c1-18-14-22-23(27(4,5)11-10-26(22,2)3)15-21(18)28(12-13-28)20-8-6-19(7-9-20)17-30-24(31)16-29-25(30)32/h6-11,14-16H,12-13,17H2,1-5H3. The molecule has 2 aromatic rings. The van der Waals surface area contributed by atoms with E-state index in [1.165, 1.54) is 32.7 Å². The maximum absolute atomic E-state index is 11.8. The first-order valence-electron chi connectivity index (χ1n) is 11.4. The number of urea groups is 1. The summed E-state index contributed by atoms with van der Waals surface area (Å²) in [5, 5.41) is 0. The number of rotatable bonds is 4. The summed E-state index contributed by atoms with van der Waals surface area (Å²) < 4.78 is 0. The molecular formula is C28H30N2O2. The second-order valence-electron chi connectivity index (χ2n) is 10.7. The van der Waals surface area contributed by atoms with Crippen LogP contribution < -0.4 is 0 Å². The summed E-state index contributed by atoms with van der Waals surface area (Å²) in [6.07, 6.45) is 8.08. The molecule has 3 aliphatic rings. The quantitative estimate of drug-likeness (QED) is 0.586. The molecule has 4 nitrogen and oxygen atoms in total. The van der Waals surface area contributed by atoms with Crippen LogP contribution in [0.15, 0.2) is 53.5 Å². The van der Waals surface area contributed by atoms with Gasteiger partial charge in [0.15, 0.2) is 0 Å². The van der Waals surface area contributed by atoms with Crippen LogP contribution >= 0.6 is 0 Å². The second-order valence-corrected chi connectivity index (χ2v) is 10.7. The highest BCUT2D eigenvalue weighted by Crippen LogP contribution is 2.56. The first kappa shape index (κ1) is 20.9. The summed E-state index contributed by atoms with van der Waals surface area (Å²) in [5.41, 5.74) is 8.01. The van der Waals surface area contributed by atoms with Crippen molar-refractivity contribution >= 4 is 18.2 Å². The number of benzene rings is 2. The van der Waals surface area contributed by atoms with E-state index in [1.54, 1.807) is 0 Å². The van der Waals surface area contributed by atoms with Gasteiger partial charge in [-0.15, -0.1) is 0 Å². The summed E-state index contributed by atoms with van der Waals surface area (Å²) >= 11 is 0. The molecule has 0 N–H and O–H groups in total. The molecule has 1 aliphatic heterocycles. The molecule has 1 fully saturated rings. The number of allylic oxidation sites excluding steroid dienone is 2. The van der Waals surface area contributed by atoms with Crippen molar-refractivity contribution in [2.75, 3.05) is 0 Å². The summed E-state index contributed by atoms with van der Waals surface area (Å²) in [6, 6.07) is 12.8. The fourth-order valence-electron chi connectivity index (χ4n) is 5.33. The summed E-state index contributed by atoms with van der Waals surface area (Å²) in [5.74, 6) is -0.345. The van der Waals surface area contributed by atoms with Crippen LogP contribution in [0.3, 0.4) is 0 Å². The number of carbonyl (C=O) groups excluding carboxylic acids is 2. The predicted molar refractivity (Wildman–Crippen MR) is 127 cm³/mol. The molecule has 1 saturated carbocycles. The fraction of sp³-hybridized carbons (Fsp3) is 0.393. The monoisotopic (exact) mass is 426 g/mol. The van der Waals surface area contributed by atoms with Gasteiger partial charge in [-0.25, -0.2) is 4.79 Å². The number of fused-ring (bicyclic) bond motifs is 1. The zero-order valence-corrected chi connectivity index (χ0v) is 19.5. The fourth-order valence-corrected chi connectivity index (χ4v) is 5.33. The number of imide groups is 1.